The summed E-state index contributed by atoms with van der Waals surface area (Å²) in [4.78, 5) is 32.5. The second-order valence-corrected chi connectivity index (χ2v) is 10.1. The molecule has 1 aromatic heterocycles. The molecule has 2 amide bonds. The van der Waals surface area contributed by atoms with Crippen LogP contribution in [0.3, 0.4) is 0 Å². The van der Waals surface area contributed by atoms with Gasteiger partial charge in [0.25, 0.3) is 11.8 Å². The zero-order chi connectivity index (χ0) is 28.9. The third kappa shape index (κ3) is 6.00. The van der Waals surface area contributed by atoms with Crippen LogP contribution in [0.1, 0.15) is 25.5 Å². The number of benzene rings is 2. The molecule has 13 heteroatoms. The van der Waals surface area contributed by atoms with Crippen LogP contribution in [-0.4, -0.2) is 78.1 Å². The van der Waals surface area contributed by atoms with Crippen molar-refractivity contribution in [1.82, 2.24) is 19.7 Å². The fraction of sp³-hybridized carbons (Fsp3) is 0.357. The highest BCUT2D eigenvalue weighted by Gasteiger charge is 2.35. The molecule has 1 saturated heterocycles. The highest BCUT2D eigenvalue weighted by Crippen LogP contribution is 2.43. The number of nitrogens with one attached hydrogen (secondary N) is 2. The largest absolute Gasteiger partial charge is 0.493 e. The van der Waals surface area contributed by atoms with Crippen LogP contribution in [-0.2, 0) is 14.3 Å². The van der Waals surface area contributed by atoms with E-state index < -0.39 is 6.04 Å². The van der Waals surface area contributed by atoms with Crippen molar-refractivity contribution in [3.05, 3.63) is 64.0 Å². The lowest BCUT2D eigenvalue weighted by Crippen LogP contribution is -2.43. The molecule has 1 fully saturated rings. The Kier molecular flexibility index (Phi) is 8.74. The van der Waals surface area contributed by atoms with E-state index in [1.165, 1.54) is 13.4 Å². The van der Waals surface area contributed by atoms with E-state index >= 15 is 0 Å². The number of ether oxygens (including phenoxy) is 4. The molecule has 2 aromatic carbocycles. The topological polar surface area (TPSA) is 129 Å². The number of aromatic nitrogens is 3. The van der Waals surface area contributed by atoms with Crippen LogP contribution in [0.25, 0.3) is 0 Å². The van der Waals surface area contributed by atoms with Gasteiger partial charge in [0.05, 0.1) is 42.7 Å². The van der Waals surface area contributed by atoms with E-state index in [9.17, 15) is 9.59 Å². The highest BCUT2D eigenvalue weighted by atomic mass is 79.9. The van der Waals surface area contributed by atoms with Crippen molar-refractivity contribution in [2.45, 2.75) is 19.9 Å². The van der Waals surface area contributed by atoms with Crippen molar-refractivity contribution in [3.63, 3.8) is 0 Å². The summed E-state index contributed by atoms with van der Waals surface area (Å²) >= 11 is 3.59. The van der Waals surface area contributed by atoms with Crippen LogP contribution in [0.4, 0.5) is 11.6 Å². The molecule has 5 rings (SSSR count). The van der Waals surface area contributed by atoms with E-state index in [2.05, 4.69) is 36.6 Å². The van der Waals surface area contributed by atoms with Crippen LogP contribution in [0.15, 0.2) is 58.5 Å². The molecule has 0 saturated carbocycles. The van der Waals surface area contributed by atoms with E-state index in [0.29, 0.717) is 83.1 Å². The molecule has 2 aliphatic heterocycles. The van der Waals surface area contributed by atoms with Crippen LogP contribution < -0.4 is 24.8 Å². The van der Waals surface area contributed by atoms with Crippen molar-refractivity contribution in [1.29, 1.82) is 0 Å². The van der Waals surface area contributed by atoms with Gasteiger partial charge in [0.2, 0.25) is 5.95 Å². The van der Waals surface area contributed by atoms with Gasteiger partial charge in [-0.25, -0.2) is 4.68 Å². The minimum atomic E-state index is -0.651. The van der Waals surface area contributed by atoms with Crippen LogP contribution in [0.5, 0.6) is 17.2 Å². The Morgan fingerprint density at radius 3 is 2.71 bits per heavy atom. The Morgan fingerprint density at radius 2 is 1.95 bits per heavy atom. The first-order chi connectivity index (χ1) is 19.9. The number of para-hydroxylation sites is 2. The molecule has 1 unspecified atom stereocenters. The lowest BCUT2D eigenvalue weighted by atomic mass is 9.94. The molecule has 0 radical (unpaired) electrons. The Morgan fingerprint density at radius 1 is 1.17 bits per heavy atom. The van der Waals surface area contributed by atoms with Gasteiger partial charge in [0.1, 0.15) is 18.1 Å². The monoisotopic (exact) mass is 626 g/mol. The fourth-order valence-electron chi connectivity index (χ4n) is 4.81. The number of anilines is 2. The molecule has 1 atom stereocenters. The van der Waals surface area contributed by atoms with Gasteiger partial charge in [-0.15, -0.1) is 0 Å². The number of carbonyl (C=O) groups excluding carboxylic acids is 2. The number of halogens is 1. The predicted molar refractivity (Wildman–Crippen MR) is 154 cm³/mol. The molecule has 0 aliphatic carbocycles. The summed E-state index contributed by atoms with van der Waals surface area (Å²) in [5, 5.41) is 10.6. The van der Waals surface area contributed by atoms with Crippen LogP contribution in [0.2, 0.25) is 0 Å². The second-order valence-electron chi connectivity index (χ2n) is 9.29. The average molecular weight is 627 g/mol. The maximum absolute atomic E-state index is 13.8. The quantitative estimate of drug-likeness (QED) is 0.366. The van der Waals surface area contributed by atoms with Crippen molar-refractivity contribution in [2.24, 2.45) is 0 Å². The third-order valence-corrected chi connectivity index (χ3v) is 7.33. The van der Waals surface area contributed by atoms with E-state index in [1.807, 2.05) is 32.0 Å². The summed E-state index contributed by atoms with van der Waals surface area (Å²) < 4.78 is 24.8. The molecule has 12 nitrogen and oxygen atoms in total. The highest BCUT2D eigenvalue weighted by molar-refractivity contribution is 9.10. The van der Waals surface area contributed by atoms with Gasteiger partial charge in [-0.2, -0.15) is 10.1 Å². The average Bonchev–Trinajstić information content (AvgIpc) is 3.44. The maximum Gasteiger partial charge on any atom is 0.260 e. The van der Waals surface area contributed by atoms with Gasteiger partial charge in [-0.1, -0.05) is 12.1 Å². The first kappa shape index (κ1) is 28.4. The number of morpholine rings is 1. The second kappa shape index (κ2) is 12.6. The lowest BCUT2D eigenvalue weighted by molar-refractivity contribution is -0.137. The summed E-state index contributed by atoms with van der Waals surface area (Å²) in [5.74, 6) is 1.36. The van der Waals surface area contributed by atoms with Gasteiger partial charge in [-0.3, -0.25) is 9.59 Å². The number of amides is 2. The van der Waals surface area contributed by atoms with Gasteiger partial charge >= 0.3 is 0 Å². The smallest absolute Gasteiger partial charge is 0.260 e. The van der Waals surface area contributed by atoms with Gasteiger partial charge in [-0.05, 0) is 59.6 Å². The van der Waals surface area contributed by atoms with Gasteiger partial charge < -0.3 is 34.5 Å². The molecule has 0 bridgehead atoms. The van der Waals surface area contributed by atoms with Crippen molar-refractivity contribution >= 4 is 39.4 Å². The third-order valence-electron chi connectivity index (χ3n) is 6.75. The van der Waals surface area contributed by atoms with Crippen molar-refractivity contribution in [2.75, 3.05) is 57.3 Å². The van der Waals surface area contributed by atoms with Crippen LogP contribution in [0, 0.1) is 0 Å². The molecule has 2 aliphatic rings. The molecule has 3 heterocycles. The van der Waals surface area contributed by atoms with E-state index in [-0.39, 0.29) is 18.4 Å². The molecule has 3 aromatic rings. The molecular weight excluding hydrogens is 596 g/mol. The Hall–Kier alpha value is -4.10. The fourth-order valence-corrected chi connectivity index (χ4v) is 5.38. The first-order valence-corrected chi connectivity index (χ1v) is 14.0. The SMILES string of the molecule is CCOc1ccccc1NC(=O)C1=C(C)Nc2ncnn2C1c1cc(Br)c(OCC(=O)N2CCOCC2)c(OC)c1. The Balaban J connectivity index is 1.46. The molecule has 41 heavy (non-hydrogen) atoms. The Labute approximate surface area is 245 Å². The lowest BCUT2D eigenvalue weighted by Gasteiger charge is -2.29. The number of carbonyl (C=O) groups is 2. The number of hydrogen-bond acceptors (Lipinski definition) is 9. The first-order valence-electron chi connectivity index (χ1n) is 13.2. The Bertz CT molecular complexity index is 1470. The standard InChI is InChI=1S/C28H31BrN6O6/c1-4-40-21-8-6-5-7-20(21)33-27(37)24-17(2)32-28-30-16-31-35(28)25(24)18-13-19(29)26(22(14-18)38-3)41-15-23(36)34-9-11-39-12-10-34/h5-8,13-14,16,25H,4,9-12,15H2,1-3H3,(H,33,37)(H,30,31,32). The summed E-state index contributed by atoms with van der Waals surface area (Å²) in [6.07, 6.45) is 1.43. The number of methoxy groups -OCH3 is 1. The number of allylic oxidation sites excluding steroid dienone is 1. The number of rotatable bonds is 9. The summed E-state index contributed by atoms with van der Waals surface area (Å²) in [6.45, 7) is 6.08. The van der Waals surface area contributed by atoms with E-state index in [1.54, 1.807) is 27.8 Å². The van der Waals surface area contributed by atoms with E-state index in [4.69, 9.17) is 18.9 Å². The van der Waals surface area contributed by atoms with Gasteiger partial charge in [0, 0.05) is 18.8 Å². The molecule has 216 valence electrons. The maximum atomic E-state index is 13.8. The van der Waals surface area contributed by atoms with Crippen LogP contribution >= 0.6 is 15.9 Å². The predicted octanol–water partition coefficient (Wildman–Crippen LogP) is 3.61. The number of nitrogens with zero attached hydrogens (tertiary/aromatic N) is 4. The van der Waals surface area contributed by atoms with E-state index in [0.717, 1.165) is 0 Å². The minimum Gasteiger partial charge on any atom is -0.493 e. The summed E-state index contributed by atoms with van der Waals surface area (Å²) in [6, 6.07) is 10.2. The number of fused-ring (bicyclic) bond motifs is 1. The summed E-state index contributed by atoms with van der Waals surface area (Å²) in [7, 11) is 1.52. The molecule has 2 N–H and O–H groups in total. The molecular formula is C28H31BrN6O6. The van der Waals surface area contributed by atoms with Gasteiger partial charge in [0.15, 0.2) is 18.1 Å². The summed E-state index contributed by atoms with van der Waals surface area (Å²) in [5.41, 5.74) is 2.29. The van der Waals surface area contributed by atoms with Crippen molar-refractivity contribution < 1.29 is 28.5 Å². The molecule has 0 spiro atoms. The zero-order valence-corrected chi connectivity index (χ0v) is 24.6. The number of hydrogen-bond donors (Lipinski definition) is 2. The normalized spacial score (nSPS) is 16.5. The zero-order valence-electron chi connectivity index (χ0n) is 23.0. The van der Waals surface area contributed by atoms with Crippen molar-refractivity contribution in [3.8, 4) is 17.2 Å². The minimum absolute atomic E-state index is 0.137.